The van der Waals surface area contributed by atoms with Gasteiger partial charge in [0.25, 0.3) is 0 Å². The number of hydrogen-bond donors (Lipinski definition) is 1. The molecule has 1 aromatic carbocycles. The lowest BCUT2D eigenvalue weighted by atomic mass is 10.1. The number of aryl methyl sites for hydroxylation is 2. The van der Waals surface area contributed by atoms with Crippen LogP contribution in [0.5, 0.6) is 0 Å². The lowest BCUT2D eigenvalue weighted by molar-refractivity contribution is 0.537. The van der Waals surface area contributed by atoms with Gasteiger partial charge in [-0.1, -0.05) is 56.2 Å². The molecule has 1 heteroatoms. The summed E-state index contributed by atoms with van der Waals surface area (Å²) in [6, 6.07) is 8.48. The topological polar surface area (TPSA) is 12.0 Å². The molecular formula is C16H29N. The van der Waals surface area contributed by atoms with Crippen LogP contribution in [0, 0.1) is 19.8 Å². The number of rotatable bonds is 5. The fourth-order valence-electron chi connectivity index (χ4n) is 1.33. The highest BCUT2D eigenvalue weighted by atomic mass is 14.8. The van der Waals surface area contributed by atoms with E-state index in [2.05, 4.69) is 64.2 Å². The summed E-state index contributed by atoms with van der Waals surface area (Å²) in [5.74, 6) is 0.842. The number of nitrogens with one attached hydrogen (secondary N) is 1. The molecule has 98 valence electrons. The lowest BCUT2D eigenvalue weighted by Crippen LogP contribution is -2.17. The predicted molar refractivity (Wildman–Crippen MR) is 78.5 cm³/mol. The zero-order chi connectivity index (χ0) is 13.1. The molecule has 0 saturated heterocycles. The molecule has 0 aliphatic rings. The summed E-state index contributed by atoms with van der Waals surface area (Å²) < 4.78 is 0. The molecule has 0 aliphatic heterocycles. The molecule has 1 rings (SSSR count). The van der Waals surface area contributed by atoms with E-state index in [4.69, 9.17) is 0 Å². The van der Waals surface area contributed by atoms with E-state index in [0.29, 0.717) is 0 Å². The number of hydrogen-bond acceptors (Lipinski definition) is 1. The van der Waals surface area contributed by atoms with Crippen molar-refractivity contribution in [1.29, 1.82) is 0 Å². The fourth-order valence-corrected chi connectivity index (χ4v) is 1.33. The van der Waals surface area contributed by atoms with Gasteiger partial charge in [0.15, 0.2) is 0 Å². The van der Waals surface area contributed by atoms with Crippen molar-refractivity contribution in [3.05, 3.63) is 35.4 Å². The van der Waals surface area contributed by atoms with Crippen molar-refractivity contribution in [2.75, 3.05) is 13.1 Å². The molecule has 0 unspecified atom stereocenters. The van der Waals surface area contributed by atoms with Gasteiger partial charge in [-0.25, -0.2) is 0 Å². The smallest absolute Gasteiger partial charge is 0.00465 e. The molecule has 17 heavy (non-hydrogen) atoms. The third-order valence-electron chi connectivity index (χ3n) is 2.54. The third kappa shape index (κ3) is 11.4. The van der Waals surface area contributed by atoms with Gasteiger partial charge in [0.2, 0.25) is 0 Å². The highest BCUT2D eigenvalue weighted by Gasteiger charge is 1.90. The Kier molecular flexibility index (Phi) is 9.84. The first-order valence-electron chi connectivity index (χ1n) is 6.80. The minimum atomic E-state index is 0.842. The van der Waals surface area contributed by atoms with E-state index in [9.17, 15) is 0 Å². The van der Waals surface area contributed by atoms with Gasteiger partial charge in [-0.15, -0.1) is 0 Å². The maximum atomic E-state index is 3.37. The van der Waals surface area contributed by atoms with E-state index in [0.717, 1.165) is 5.92 Å². The van der Waals surface area contributed by atoms with Gasteiger partial charge in [-0.2, -0.15) is 0 Å². The Morgan fingerprint density at radius 2 is 1.41 bits per heavy atom. The molecule has 0 saturated carbocycles. The molecule has 0 fully saturated rings. The molecule has 1 N–H and O–H groups in total. The van der Waals surface area contributed by atoms with Crippen LogP contribution in [0.3, 0.4) is 0 Å². The van der Waals surface area contributed by atoms with Gasteiger partial charge in [-0.3, -0.25) is 0 Å². The second-order valence-electron chi connectivity index (χ2n) is 5.09. The Morgan fingerprint density at radius 1 is 0.941 bits per heavy atom. The Bertz CT molecular complexity index is 240. The Hall–Kier alpha value is -0.820. The van der Waals surface area contributed by atoms with Gasteiger partial charge in [-0.05, 0) is 45.7 Å². The molecule has 0 aliphatic carbocycles. The first-order valence-corrected chi connectivity index (χ1v) is 6.80. The van der Waals surface area contributed by atoms with E-state index in [1.807, 2.05) is 0 Å². The first-order chi connectivity index (χ1) is 8.06. The molecule has 0 spiro atoms. The fraction of sp³-hybridized carbons (Fsp3) is 0.625. The molecule has 1 aromatic rings. The summed E-state index contributed by atoms with van der Waals surface area (Å²) in [6.07, 6.45) is 2.55. The standard InChI is InChI=1S/C8H19N.C8H10/c1-4-6-9-7-5-8(2)3;1-7-3-5-8(2)6-4-7/h8-9H,4-7H2,1-3H3;3-6H,1-2H3. The second kappa shape index (κ2) is 10.3. The monoisotopic (exact) mass is 235 g/mol. The molecule has 1 nitrogen and oxygen atoms in total. The van der Waals surface area contributed by atoms with Gasteiger partial charge < -0.3 is 5.32 Å². The van der Waals surface area contributed by atoms with Crippen molar-refractivity contribution in [3.8, 4) is 0 Å². The van der Waals surface area contributed by atoms with Crippen molar-refractivity contribution < 1.29 is 0 Å². The average Bonchev–Trinajstić information content (AvgIpc) is 2.29. The van der Waals surface area contributed by atoms with Crippen LogP contribution in [0.25, 0.3) is 0 Å². The summed E-state index contributed by atoms with van der Waals surface area (Å²) in [5, 5.41) is 3.37. The van der Waals surface area contributed by atoms with Gasteiger partial charge in [0.1, 0.15) is 0 Å². The third-order valence-corrected chi connectivity index (χ3v) is 2.54. The zero-order valence-corrected chi connectivity index (χ0v) is 12.2. The minimum Gasteiger partial charge on any atom is -0.317 e. The molecule has 0 bridgehead atoms. The van der Waals surface area contributed by atoms with Crippen LogP contribution in [0.2, 0.25) is 0 Å². The SMILES string of the molecule is CCCNCCC(C)C.Cc1ccc(C)cc1. The molecular weight excluding hydrogens is 206 g/mol. The Labute approximate surface area is 108 Å². The maximum absolute atomic E-state index is 3.37. The Balaban J connectivity index is 0.000000302. The molecule has 0 radical (unpaired) electrons. The maximum Gasteiger partial charge on any atom is -0.00465 e. The summed E-state index contributed by atoms with van der Waals surface area (Å²) in [7, 11) is 0. The minimum absolute atomic E-state index is 0.842. The normalized spacial score (nSPS) is 10.0. The van der Waals surface area contributed by atoms with Crippen molar-refractivity contribution in [3.63, 3.8) is 0 Å². The van der Waals surface area contributed by atoms with Crippen molar-refractivity contribution in [2.45, 2.75) is 47.5 Å². The molecule has 0 heterocycles. The van der Waals surface area contributed by atoms with Crippen molar-refractivity contribution in [2.24, 2.45) is 5.92 Å². The van der Waals surface area contributed by atoms with Crippen LogP contribution in [0.15, 0.2) is 24.3 Å². The lowest BCUT2D eigenvalue weighted by Gasteiger charge is -2.04. The van der Waals surface area contributed by atoms with E-state index in [-0.39, 0.29) is 0 Å². The van der Waals surface area contributed by atoms with Crippen molar-refractivity contribution >= 4 is 0 Å². The van der Waals surface area contributed by atoms with Crippen LogP contribution >= 0.6 is 0 Å². The van der Waals surface area contributed by atoms with Crippen molar-refractivity contribution in [1.82, 2.24) is 5.32 Å². The summed E-state index contributed by atoms with van der Waals surface area (Å²) >= 11 is 0. The summed E-state index contributed by atoms with van der Waals surface area (Å²) in [5.41, 5.74) is 2.66. The molecule has 0 aromatic heterocycles. The summed E-state index contributed by atoms with van der Waals surface area (Å²) in [4.78, 5) is 0. The van der Waals surface area contributed by atoms with E-state index < -0.39 is 0 Å². The Morgan fingerprint density at radius 3 is 1.76 bits per heavy atom. The van der Waals surface area contributed by atoms with Crippen LogP contribution in [-0.4, -0.2) is 13.1 Å². The number of benzene rings is 1. The first kappa shape index (κ1) is 16.2. The second-order valence-corrected chi connectivity index (χ2v) is 5.09. The van der Waals surface area contributed by atoms with Gasteiger partial charge >= 0.3 is 0 Å². The van der Waals surface area contributed by atoms with Crippen LogP contribution in [0.1, 0.15) is 44.7 Å². The van der Waals surface area contributed by atoms with E-state index in [1.165, 1.54) is 37.1 Å². The highest BCUT2D eigenvalue weighted by Crippen LogP contribution is 1.99. The van der Waals surface area contributed by atoms with Crippen LogP contribution < -0.4 is 5.32 Å². The van der Waals surface area contributed by atoms with Gasteiger partial charge in [0.05, 0.1) is 0 Å². The zero-order valence-electron chi connectivity index (χ0n) is 12.2. The molecule has 0 atom stereocenters. The molecule has 0 amide bonds. The van der Waals surface area contributed by atoms with Crippen LogP contribution in [0.4, 0.5) is 0 Å². The quantitative estimate of drug-likeness (QED) is 0.749. The van der Waals surface area contributed by atoms with E-state index in [1.54, 1.807) is 0 Å². The highest BCUT2D eigenvalue weighted by molar-refractivity contribution is 5.19. The average molecular weight is 235 g/mol. The summed E-state index contributed by atoms with van der Waals surface area (Å²) in [6.45, 7) is 13.3. The predicted octanol–water partition coefficient (Wildman–Crippen LogP) is 4.34. The van der Waals surface area contributed by atoms with Gasteiger partial charge in [0, 0.05) is 0 Å². The van der Waals surface area contributed by atoms with Crippen LogP contribution in [-0.2, 0) is 0 Å². The largest absolute Gasteiger partial charge is 0.317 e. The van der Waals surface area contributed by atoms with E-state index >= 15 is 0 Å².